The molecule has 0 aliphatic carbocycles. The van der Waals surface area contributed by atoms with Gasteiger partial charge in [-0.25, -0.2) is 0 Å². The van der Waals surface area contributed by atoms with Crippen molar-refractivity contribution in [2.75, 3.05) is 20.5 Å². The minimum absolute atomic E-state index is 0.0558. The van der Waals surface area contributed by atoms with E-state index in [0.29, 0.717) is 6.61 Å². The summed E-state index contributed by atoms with van der Waals surface area (Å²) in [6.45, 7) is 9.98. The highest BCUT2D eigenvalue weighted by molar-refractivity contribution is 5.40. The van der Waals surface area contributed by atoms with Crippen LogP contribution in [0.2, 0.25) is 0 Å². The Bertz CT molecular complexity index is 385. The van der Waals surface area contributed by atoms with Gasteiger partial charge in [-0.1, -0.05) is 0 Å². The molecule has 0 bridgehead atoms. The van der Waals surface area contributed by atoms with Crippen LogP contribution in [0.1, 0.15) is 33.3 Å². The third-order valence-corrected chi connectivity index (χ3v) is 2.58. The fourth-order valence-corrected chi connectivity index (χ4v) is 1.51. The molecule has 0 fully saturated rings. The number of nitrogens with one attached hydrogen (secondary N) is 1. The summed E-state index contributed by atoms with van der Waals surface area (Å²) < 4.78 is 16.1. The van der Waals surface area contributed by atoms with Gasteiger partial charge in [-0.2, -0.15) is 0 Å². The van der Waals surface area contributed by atoms with E-state index in [9.17, 15) is 0 Å². The first-order chi connectivity index (χ1) is 8.96. The predicted molar refractivity (Wildman–Crippen MR) is 76.7 cm³/mol. The summed E-state index contributed by atoms with van der Waals surface area (Å²) in [6.07, 6.45) is 0. The molecule has 0 radical (unpaired) electrons. The van der Waals surface area contributed by atoms with Crippen LogP contribution in [0, 0.1) is 0 Å². The fourth-order valence-electron chi connectivity index (χ4n) is 1.51. The Morgan fingerprint density at radius 1 is 1.21 bits per heavy atom. The molecule has 0 amide bonds. The first-order valence-corrected chi connectivity index (χ1v) is 6.58. The zero-order valence-electron chi connectivity index (χ0n) is 12.6. The van der Waals surface area contributed by atoms with Crippen LogP contribution >= 0.6 is 0 Å². The molecule has 1 rings (SSSR count). The largest absolute Gasteiger partial charge is 0.497 e. The smallest absolute Gasteiger partial charge is 0.189 e. The van der Waals surface area contributed by atoms with Crippen molar-refractivity contribution in [2.45, 2.75) is 39.8 Å². The van der Waals surface area contributed by atoms with Crippen molar-refractivity contribution in [1.82, 2.24) is 5.32 Å². The molecule has 1 aromatic rings. The lowest BCUT2D eigenvalue weighted by atomic mass is 10.1. The molecule has 108 valence electrons. The molecule has 0 saturated heterocycles. The average molecular weight is 267 g/mol. The Hall–Kier alpha value is -1.26. The molecular formula is C15H25NO3. The van der Waals surface area contributed by atoms with Crippen LogP contribution < -0.4 is 14.8 Å². The SMILES string of the molecule is CCOCOc1ccc(OC)cc1CNC(C)(C)C. The second kappa shape index (κ2) is 7.36. The van der Waals surface area contributed by atoms with Crippen LogP contribution in [0.4, 0.5) is 0 Å². The van der Waals surface area contributed by atoms with E-state index in [0.717, 1.165) is 23.6 Å². The first kappa shape index (κ1) is 15.8. The van der Waals surface area contributed by atoms with Crippen molar-refractivity contribution in [2.24, 2.45) is 0 Å². The lowest BCUT2D eigenvalue weighted by Crippen LogP contribution is -2.35. The highest BCUT2D eigenvalue weighted by Crippen LogP contribution is 2.24. The van der Waals surface area contributed by atoms with Gasteiger partial charge >= 0.3 is 0 Å². The van der Waals surface area contributed by atoms with Gasteiger partial charge in [-0.15, -0.1) is 0 Å². The number of rotatable bonds is 7. The summed E-state index contributed by atoms with van der Waals surface area (Å²) in [4.78, 5) is 0. The van der Waals surface area contributed by atoms with Gasteiger partial charge in [0.05, 0.1) is 7.11 Å². The molecule has 4 nitrogen and oxygen atoms in total. The van der Waals surface area contributed by atoms with Crippen LogP contribution in [0.25, 0.3) is 0 Å². The standard InChI is InChI=1S/C15H25NO3/c1-6-18-11-19-14-8-7-13(17-5)9-12(14)10-16-15(2,3)4/h7-9,16H,6,10-11H2,1-5H3. The van der Waals surface area contributed by atoms with Crippen LogP contribution in [-0.2, 0) is 11.3 Å². The lowest BCUT2D eigenvalue weighted by Gasteiger charge is -2.22. The Balaban J connectivity index is 2.77. The zero-order chi connectivity index (χ0) is 14.3. The van der Waals surface area contributed by atoms with E-state index in [2.05, 4.69) is 26.1 Å². The molecule has 0 aliphatic heterocycles. The summed E-state index contributed by atoms with van der Waals surface area (Å²) in [5, 5.41) is 3.44. The Kier molecular flexibility index (Phi) is 6.12. The minimum Gasteiger partial charge on any atom is -0.497 e. The molecule has 1 aromatic carbocycles. The molecule has 0 unspecified atom stereocenters. The van der Waals surface area contributed by atoms with Gasteiger partial charge in [-0.05, 0) is 45.9 Å². The Morgan fingerprint density at radius 2 is 1.95 bits per heavy atom. The van der Waals surface area contributed by atoms with Gasteiger partial charge in [0.15, 0.2) is 6.79 Å². The maximum Gasteiger partial charge on any atom is 0.189 e. The molecule has 0 saturated carbocycles. The van der Waals surface area contributed by atoms with Crippen molar-refractivity contribution in [3.8, 4) is 11.5 Å². The monoisotopic (exact) mass is 267 g/mol. The highest BCUT2D eigenvalue weighted by Gasteiger charge is 2.12. The molecule has 1 N–H and O–H groups in total. The third kappa shape index (κ3) is 5.94. The summed E-state index contributed by atoms with van der Waals surface area (Å²) in [7, 11) is 1.66. The van der Waals surface area contributed by atoms with Gasteiger partial charge in [0.2, 0.25) is 0 Å². The quantitative estimate of drug-likeness (QED) is 0.609. The van der Waals surface area contributed by atoms with Gasteiger partial charge in [0.1, 0.15) is 11.5 Å². The average Bonchev–Trinajstić information content (AvgIpc) is 2.36. The number of hydrogen-bond acceptors (Lipinski definition) is 4. The van der Waals surface area contributed by atoms with Crippen molar-refractivity contribution in [3.05, 3.63) is 23.8 Å². The van der Waals surface area contributed by atoms with Crippen LogP contribution in [0.15, 0.2) is 18.2 Å². The van der Waals surface area contributed by atoms with E-state index in [1.54, 1.807) is 7.11 Å². The third-order valence-electron chi connectivity index (χ3n) is 2.58. The van der Waals surface area contributed by atoms with E-state index in [-0.39, 0.29) is 12.3 Å². The second-order valence-electron chi connectivity index (χ2n) is 5.33. The molecule has 4 heteroatoms. The molecule has 0 atom stereocenters. The predicted octanol–water partition coefficient (Wildman–Crippen LogP) is 2.96. The lowest BCUT2D eigenvalue weighted by molar-refractivity contribution is 0.0217. The van der Waals surface area contributed by atoms with Gasteiger partial charge in [-0.3, -0.25) is 0 Å². The van der Waals surface area contributed by atoms with E-state index >= 15 is 0 Å². The van der Waals surface area contributed by atoms with Crippen LogP contribution in [-0.4, -0.2) is 26.0 Å². The summed E-state index contributed by atoms with van der Waals surface area (Å²) >= 11 is 0. The zero-order valence-corrected chi connectivity index (χ0v) is 12.6. The van der Waals surface area contributed by atoms with Crippen molar-refractivity contribution >= 4 is 0 Å². The number of ether oxygens (including phenoxy) is 3. The van der Waals surface area contributed by atoms with Crippen LogP contribution in [0.3, 0.4) is 0 Å². The van der Waals surface area contributed by atoms with Gasteiger partial charge < -0.3 is 19.5 Å². The molecular weight excluding hydrogens is 242 g/mol. The summed E-state index contributed by atoms with van der Waals surface area (Å²) in [5.41, 5.74) is 1.12. The van der Waals surface area contributed by atoms with Crippen LogP contribution in [0.5, 0.6) is 11.5 Å². The van der Waals surface area contributed by atoms with Gasteiger partial charge in [0.25, 0.3) is 0 Å². The molecule has 0 heterocycles. The summed E-state index contributed by atoms with van der Waals surface area (Å²) in [5.74, 6) is 1.65. The minimum atomic E-state index is 0.0558. The summed E-state index contributed by atoms with van der Waals surface area (Å²) in [6, 6.07) is 5.79. The Morgan fingerprint density at radius 3 is 2.53 bits per heavy atom. The molecule has 0 aliphatic rings. The fraction of sp³-hybridized carbons (Fsp3) is 0.600. The van der Waals surface area contributed by atoms with Crippen molar-refractivity contribution < 1.29 is 14.2 Å². The maximum atomic E-state index is 5.62. The number of methoxy groups -OCH3 is 1. The molecule has 19 heavy (non-hydrogen) atoms. The Labute approximate surface area is 116 Å². The second-order valence-corrected chi connectivity index (χ2v) is 5.33. The number of hydrogen-bond donors (Lipinski definition) is 1. The maximum absolute atomic E-state index is 5.62. The highest BCUT2D eigenvalue weighted by atomic mass is 16.7. The van der Waals surface area contributed by atoms with Crippen molar-refractivity contribution in [3.63, 3.8) is 0 Å². The van der Waals surface area contributed by atoms with Crippen molar-refractivity contribution in [1.29, 1.82) is 0 Å². The van der Waals surface area contributed by atoms with E-state index in [1.165, 1.54) is 0 Å². The molecule has 0 spiro atoms. The topological polar surface area (TPSA) is 39.7 Å². The normalized spacial score (nSPS) is 11.4. The van der Waals surface area contributed by atoms with E-state index in [1.807, 2.05) is 25.1 Å². The van der Waals surface area contributed by atoms with E-state index in [4.69, 9.17) is 14.2 Å². The first-order valence-electron chi connectivity index (χ1n) is 6.58. The molecule has 0 aromatic heterocycles. The number of benzene rings is 1. The van der Waals surface area contributed by atoms with Gasteiger partial charge in [0, 0.05) is 24.3 Å². The van der Waals surface area contributed by atoms with E-state index < -0.39 is 0 Å².